The zero-order chi connectivity index (χ0) is 19.7. The van der Waals surface area contributed by atoms with Crippen molar-refractivity contribution in [3.05, 3.63) is 35.9 Å². The summed E-state index contributed by atoms with van der Waals surface area (Å²) in [5.74, 6) is 0.555. The van der Waals surface area contributed by atoms with Crippen LogP contribution < -0.4 is 0 Å². The molecule has 0 bridgehead atoms. The van der Waals surface area contributed by atoms with E-state index in [9.17, 15) is 0 Å². The Hall–Kier alpha value is 0.0869. The normalized spacial score (nSPS) is 15.0. The van der Waals surface area contributed by atoms with Gasteiger partial charge in [-0.1, -0.05) is 101 Å². The van der Waals surface area contributed by atoms with Gasteiger partial charge < -0.3 is 9.16 Å². The molecule has 0 N–H and O–H groups in total. The van der Waals surface area contributed by atoms with Crippen LogP contribution in [0.3, 0.4) is 0 Å². The second-order valence-corrected chi connectivity index (χ2v) is 14.7. The van der Waals surface area contributed by atoms with Crippen molar-refractivity contribution in [3.63, 3.8) is 0 Å². The third kappa shape index (κ3) is 6.61. The largest absolute Gasteiger partial charge is 0.413 e. The van der Waals surface area contributed by atoms with Crippen LogP contribution in [0.4, 0.5) is 0 Å². The summed E-state index contributed by atoms with van der Waals surface area (Å²) < 4.78 is 14.2. The monoisotopic (exact) mass is 490 g/mol. The van der Waals surface area contributed by atoms with Gasteiger partial charge in [0.1, 0.15) is 0 Å². The predicted octanol–water partition coefficient (Wildman–Crippen LogP) is 7.23. The predicted molar refractivity (Wildman–Crippen MR) is 125 cm³/mol. The second kappa shape index (κ2) is 11.8. The first-order chi connectivity index (χ1) is 12.3. The Morgan fingerprint density at radius 1 is 0.885 bits per heavy atom. The summed E-state index contributed by atoms with van der Waals surface area (Å²) in [5.41, 5.74) is 3.10. The molecule has 0 aromatic heterocycles. The van der Waals surface area contributed by atoms with Gasteiger partial charge in [-0.05, 0) is 34.5 Å². The number of benzene rings is 1. The van der Waals surface area contributed by atoms with Gasteiger partial charge in [0.15, 0.2) is 0 Å². The lowest BCUT2D eigenvalue weighted by Gasteiger charge is -2.45. The van der Waals surface area contributed by atoms with Crippen molar-refractivity contribution in [2.75, 3.05) is 11.0 Å². The van der Waals surface area contributed by atoms with E-state index in [0.717, 1.165) is 17.5 Å². The highest BCUT2D eigenvalue weighted by molar-refractivity contribution is 14.1. The van der Waals surface area contributed by atoms with Crippen molar-refractivity contribution in [1.82, 2.24) is 0 Å². The molecule has 0 heterocycles. The third-order valence-electron chi connectivity index (χ3n) is 5.60. The van der Waals surface area contributed by atoms with Crippen LogP contribution in [0.15, 0.2) is 30.3 Å². The van der Waals surface area contributed by atoms with Crippen LogP contribution in [-0.4, -0.2) is 25.5 Å². The topological polar surface area (TPSA) is 18.5 Å². The summed E-state index contributed by atoms with van der Waals surface area (Å²) in [5, 5.41) is 0. The Kier molecular flexibility index (Phi) is 11.0. The first kappa shape index (κ1) is 24.1. The molecule has 0 radical (unpaired) electrons. The fourth-order valence-corrected chi connectivity index (χ4v) is 10.5. The summed E-state index contributed by atoms with van der Waals surface area (Å²) in [4.78, 5) is 0. The first-order valence-electron chi connectivity index (χ1n) is 10.1. The molecule has 0 aliphatic heterocycles. The van der Waals surface area contributed by atoms with Crippen molar-refractivity contribution in [2.45, 2.75) is 84.2 Å². The lowest BCUT2D eigenvalue weighted by molar-refractivity contribution is 0.0582. The molecule has 150 valence electrons. The highest BCUT2D eigenvalue weighted by Crippen LogP contribution is 2.44. The number of halogens is 1. The number of hydrogen-bond donors (Lipinski definition) is 0. The molecule has 1 aromatic carbocycles. The third-order valence-corrected chi connectivity index (χ3v) is 13.1. The van der Waals surface area contributed by atoms with E-state index in [4.69, 9.17) is 9.16 Å². The van der Waals surface area contributed by atoms with E-state index in [1.165, 1.54) is 5.56 Å². The molecule has 0 fully saturated rings. The molecular weight excluding hydrogens is 451 g/mol. The number of ether oxygens (including phenoxy) is 1. The molecule has 0 aliphatic rings. The van der Waals surface area contributed by atoms with E-state index in [2.05, 4.69) is 95.3 Å². The van der Waals surface area contributed by atoms with Gasteiger partial charge in [0.05, 0.1) is 12.7 Å². The second-order valence-electron chi connectivity index (χ2n) is 8.43. The molecule has 0 spiro atoms. The Morgan fingerprint density at radius 2 is 1.42 bits per heavy atom. The van der Waals surface area contributed by atoms with Crippen molar-refractivity contribution in [1.29, 1.82) is 0 Å². The summed E-state index contributed by atoms with van der Waals surface area (Å²) in [6.07, 6.45) is 1.28. The van der Waals surface area contributed by atoms with Crippen molar-refractivity contribution in [3.8, 4) is 0 Å². The van der Waals surface area contributed by atoms with Gasteiger partial charge in [0, 0.05) is 11.0 Å². The van der Waals surface area contributed by atoms with Crippen molar-refractivity contribution >= 4 is 30.9 Å². The summed E-state index contributed by atoms with van der Waals surface area (Å²) in [7, 11) is -1.85. The number of alkyl halides is 1. The van der Waals surface area contributed by atoms with Gasteiger partial charge in [0.25, 0.3) is 0 Å². The molecule has 0 saturated heterocycles. The molecule has 0 amide bonds. The van der Waals surface area contributed by atoms with Crippen LogP contribution in [-0.2, 0) is 15.8 Å². The fraction of sp³-hybridized carbons (Fsp3) is 0.727. The van der Waals surface area contributed by atoms with E-state index in [-0.39, 0.29) is 0 Å². The lowest BCUT2D eigenvalue weighted by Crippen LogP contribution is -2.51. The van der Waals surface area contributed by atoms with E-state index < -0.39 is 8.32 Å². The molecule has 2 atom stereocenters. The van der Waals surface area contributed by atoms with Gasteiger partial charge >= 0.3 is 0 Å². The average Bonchev–Trinajstić information content (AvgIpc) is 2.60. The molecule has 4 heteroatoms. The van der Waals surface area contributed by atoms with Crippen molar-refractivity contribution < 1.29 is 9.16 Å². The minimum atomic E-state index is -1.85. The standard InChI is InChI=1S/C22H39IO2Si/c1-17(2)26(18(3)4,19(5)6)25-22(20(7)15-23)13-14-24-16-21-11-9-8-10-12-21/h8-12,17-20,22H,13-16H2,1-7H3/t20-,22+/m0/s1. The Bertz CT molecular complexity index is 468. The average molecular weight is 491 g/mol. The van der Waals surface area contributed by atoms with Gasteiger partial charge in [0.2, 0.25) is 8.32 Å². The van der Waals surface area contributed by atoms with E-state index >= 15 is 0 Å². The maximum absolute atomic E-state index is 7.08. The summed E-state index contributed by atoms with van der Waals surface area (Å²) in [6.45, 7) is 18.0. The van der Waals surface area contributed by atoms with E-state index in [0.29, 0.717) is 35.3 Å². The minimum Gasteiger partial charge on any atom is -0.413 e. The maximum atomic E-state index is 7.08. The van der Waals surface area contributed by atoms with E-state index in [1.54, 1.807) is 0 Å². The highest BCUT2D eigenvalue weighted by Gasteiger charge is 2.47. The fourth-order valence-electron chi connectivity index (χ4n) is 4.19. The van der Waals surface area contributed by atoms with Crippen molar-refractivity contribution in [2.24, 2.45) is 5.92 Å². The molecule has 0 aliphatic carbocycles. The van der Waals surface area contributed by atoms with Gasteiger partial charge in [-0.3, -0.25) is 0 Å². The number of rotatable bonds is 12. The molecule has 2 nitrogen and oxygen atoms in total. The molecule has 1 rings (SSSR count). The quantitative estimate of drug-likeness (QED) is 0.133. The smallest absolute Gasteiger partial charge is 0.200 e. The van der Waals surface area contributed by atoms with Crippen LogP contribution in [0.2, 0.25) is 16.6 Å². The Balaban J connectivity index is 2.75. The van der Waals surface area contributed by atoms with Gasteiger partial charge in [-0.2, -0.15) is 0 Å². The molecule has 1 aromatic rings. The number of hydrogen-bond acceptors (Lipinski definition) is 2. The Morgan fingerprint density at radius 3 is 1.88 bits per heavy atom. The zero-order valence-corrected chi connectivity index (χ0v) is 21.0. The maximum Gasteiger partial charge on any atom is 0.200 e. The molecular formula is C22H39IO2Si. The zero-order valence-electron chi connectivity index (χ0n) is 17.8. The van der Waals surface area contributed by atoms with Crippen LogP contribution in [0.5, 0.6) is 0 Å². The van der Waals surface area contributed by atoms with Crippen LogP contribution in [0.1, 0.15) is 60.5 Å². The first-order valence-corrected chi connectivity index (χ1v) is 13.8. The Labute approximate surface area is 176 Å². The SMILES string of the molecule is CC(C)[Si](O[C@H](CCOCc1ccccc1)[C@@H](C)CI)(C(C)C)C(C)C. The van der Waals surface area contributed by atoms with Crippen LogP contribution in [0, 0.1) is 5.92 Å². The summed E-state index contributed by atoms with van der Waals surface area (Å²) >= 11 is 2.50. The summed E-state index contributed by atoms with van der Waals surface area (Å²) in [6, 6.07) is 10.4. The molecule has 26 heavy (non-hydrogen) atoms. The highest BCUT2D eigenvalue weighted by atomic mass is 127. The molecule has 0 saturated carbocycles. The van der Waals surface area contributed by atoms with Gasteiger partial charge in [-0.15, -0.1) is 0 Å². The minimum absolute atomic E-state index is 0.293. The van der Waals surface area contributed by atoms with Crippen LogP contribution >= 0.6 is 22.6 Å². The van der Waals surface area contributed by atoms with Gasteiger partial charge in [-0.25, -0.2) is 0 Å². The lowest BCUT2D eigenvalue weighted by atomic mass is 10.1. The van der Waals surface area contributed by atoms with E-state index in [1.807, 2.05) is 6.07 Å². The van der Waals surface area contributed by atoms with Crippen LogP contribution in [0.25, 0.3) is 0 Å². The molecule has 0 unspecified atom stereocenters.